The molecule has 96 valence electrons. The standard InChI is InChI=1S/C14H24N2O/c1-10(2)12-9-11(5-6-14(12)17-4)13(16-3)7-8-15/h5-6,9-10,13,16H,7-8,15H2,1-4H3. The van der Waals surface area contributed by atoms with Gasteiger partial charge in [-0.2, -0.15) is 0 Å². The number of ether oxygens (including phenoxy) is 1. The summed E-state index contributed by atoms with van der Waals surface area (Å²) in [7, 11) is 3.69. The van der Waals surface area contributed by atoms with Crippen LogP contribution < -0.4 is 15.8 Å². The number of hydrogen-bond acceptors (Lipinski definition) is 3. The Labute approximate surface area is 104 Å². The Hall–Kier alpha value is -1.06. The first-order chi connectivity index (χ1) is 8.13. The minimum Gasteiger partial charge on any atom is -0.496 e. The molecule has 0 amide bonds. The zero-order valence-electron chi connectivity index (χ0n) is 11.3. The van der Waals surface area contributed by atoms with Crippen LogP contribution in [-0.4, -0.2) is 20.7 Å². The normalized spacial score (nSPS) is 12.8. The smallest absolute Gasteiger partial charge is 0.122 e. The van der Waals surface area contributed by atoms with Gasteiger partial charge in [-0.25, -0.2) is 0 Å². The molecule has 17 heavy (non-hydrogen) atoms. The number of nitrogens with one attached hydrogen (secondary N) is 1. The molecular formula is C14H24N2O. The maximum Gasteiger partial charge on any atom is 0.122 e. The van der Waals surface area contributed by atoms with E-state index in [4.69, 9.17) is 10.5 Å². The van der Waals surface area contributed by atoms with Crippen LogP contribution in [0.15, 0.2) is 18.2 Å². The molecule has 0 saturated heterocycles. The molecule has 1 atom stereocenters. The highest BCUT2D eigenvalue weighted by atomic mass is 16.5. The van der Waals surface area contributed by atoms with Gasteiger partial charge in [0, 0.05) is 6.04 Å². The largest absolute Gasteiger partial charge is 0.496 e. The van der Waals surface area contributed by atoms with Crippen LogP contribution in [0.4, 0.5) is 0 Å². The Bertz CT molecular complexity index is 350. The number of rotatable bonds is 6. The van der Waals surface area contributed by atoms with Crippen molar-refractivity contribution in [2.75, 3.05) is 20.7 Å². The summed E-state index contributed by atoms with van der Waals surface area (Å²) >= 11 is 0. The minimum absolute atomic E-state index is 0.323. The molecule has 1 aromatic carbocycles. The van der Waals surface area contributed by atoms with Crippen molar-refractivity contribution in [3.63, 3.8) is 0 Å². The Balaban J connectivity index is 3.05. The van der Waals surface area contributed by atoms with Crippen molar-refractivity contribution in [2.24, 2.45) is 5.73 Å². The first-order valence-corrected chi connectivity index (χ1v) is 6.19. The topological polar surface area (TPSA) is 47.3 Å². The zero-order chi connectivity index (χ0) is 12.8. The van der Waals surface area contributed by atoms with Crippen LogP contribution in [0.3, 0.4) is 0 Å². The van der Waals surface area contributed by atoms with E-state index in [-0.39, 0.29) is 0 Å². The summed E-state index contributed by atoms with van der Waals surface area (Å²) in [4.78, 5) is 0. The van der Waals surface area contributed by atoms with Crippen LogP contribution in [0.25, 0.3) is 0 Å². The molecule has 3 heteroatoms. The van der Waals surface area contributed by atoms with Crippen molar-refractivity contribution >= 4 is 0 Å². The van der Waals surface area contributed by atoms with Crippen LogP contribution in [0.2, 0.25) is 0 Å². The SMILES string of the molecule is CNC(CCN)c1ccc(OC)c(C(C)C)c1. The van der Waals surface area contributed by atoms with E-state index in [0.29, 0.717) is 18.5 Å². The fourth-order valence-corrected chi connectivity index (χ4v) is 2.07. The van der Waals surface area contributed by atoms with E-state index >= 15 is 0 Å². The lowest BCUT2D eigenvalue weighted by Gasteiger charge is -2.19. The van der Waals surface area contributed by atoms with E-state index in [9.17, 15) is 0 Å². The number of methoxy groups -OCH3 is 1. The average Bonchev–Trinajstić information content (AvgIpc) is 2.35. The zero-order valence-corrected chi connectivity index (χ0v) is 11.3. The highest BCUT2D eigenvalue weighted by Gasteiger charge is 2.13. The Kier molecular flexibility index (Phi) is 5.45. The third-order valence-electron chi connectivity index (χ3n) is 3.08. The molecule has 0 aromatic heterocycles. The summed E-state index contributed by atoms with van der Waals surface area (Å²) in [5.41, 5.74) is 8.16. The summed E-state index contributed by atoms with van der Waals surface area (Å²) in [5.74, 6) is 1.42. The second-order valence-electron chi connectivity index (χ2n) is 4.57. The van der Waals surface area contributed by atoms with E-state index < -0.39 is 0 Å². The van der Waals surface area contributed by atoms with Gasteiger partial charge in [-0.3, -0.25) is 0 Å². The molecule has 0 saturated carbocycles. The molecule has 0 aliphatic heterocycles. The van der Waals surface area contributed by atoms with Crippen molar-refractivity contribution in [2.45, 2.75) is 32.2 Å². The molecule has 0 aliphatic rings. The highest BCUT2D eigenvalue weighted by Crippen LogP contribution is 2.29. The van der Waals surface area contributed by atoms with Gasteiger partial charge in [-0.1, -0.05) is 26.0 Å². The van der Waals surface area contributed by atoms with E-state index in [1.165, 1.54) is 11.1 Å². The minimum atomic E-state index is 0.323. The molecule has 0 bridgehead atoms. The molecule has 0 spiro atoms. The number of benzene rings is 1. The third kappa shape index (κ3) is 3.45. The second-order valence-corrected chi connectivity index (χ2v) is 4.57. The lowest BCUT2D eigenvalue weighted by molar-refractivity contribution is 0.407. The fourth-order valence-electron chi connectivity index (χ4n) is 2.07. The van der Waals surface area contributed by atoms with Crippen molar-refractivity contribution < 1.29 is 4.74 Å². The van der Waals surface area contributed by atoms with Gasteiger partial charge in [0.15, 0.2) is 0 Å². The van der Waals surface area contributed by atoms with Gasteiger partial charge in [-0.05, 0) is 43.1 Å². The van der Waals surface area contributed by atoms with Gasteiger partial charge in [-0.15, -0.1) is 0 Å². The number of nitrogens with two attached hydrogens (primary N) is 1. The van der Waals surface area contributed by atoms with Gasteiger partial charge in [0.25, 0.3) is 0 Å². The summed E-state index contributed by atoms with van der Waals surface area (Å²) < 4.78 is 5.39. The maximum atomic E-state index is 5.63. The second kappa shape index (κ2) is 6.62. The first-order valence-electron chi connectivity index (χ1n) is 6.19. The van der Waals surface area contributed by atoms with Crippen LogP contribution in [0.5, 0.6) is 5.75 Å². The summed E-state index contributed by atoms with van der Waals surface area (Å²) in [6.07, 6.45) is 0.945. The summed E-state index contributed by atoms with van der Waals surface area (Å²) in [6, 6.07) is 6.70. The van der Waals surface area contributed by atoms with Gasteiger partial charge in [0.1, 0.15) is 5.75 Å². The van der Waals surface area contributed by atoms with Gasteiger partial charge in [0.05, 0.1) is 7.11 Å². The van der Waals surface area contributed by atoms with Gasteiger partial charge in [0.2, 0.25) is 0 Å². The van der Waals surface area contributed by atoms with Crippen molar-refractivity contribution in [1.82, 2.24) is 5.32 Å². The van der Waals surface area contributed by atoms with E-state index in [0.717, 1.165) is 12.2 Å². The molecule has 1 rings (SSSR count). The molecule has 3 N–H and O–H groups in total. The lowest BCUT2D eigenvalue weighted by atomic mass is 9.95. The summed E-state index contributed by atoms with van der Waals surface area (Å²) in [5, 5.41) is 3.30. The predicted octanol–water partition coefficient (Wildman–Crippen LogP) is 2.43. The average molecular weight is 236 g/mol. The van der Waals surface area contributed by atoms with Crippen molar-refractivity contribution in [3.8, 4) is 5.75 Å². The molecule has 0 aliphatic carbocycles. The Morgan fingerprint density at radius 3 is 2.53 bits per heavy atom. The quantitative estimate of drug-likeness (QED) is 0.797. The van der Waals surface area contributed by atoms with Crippen LogP contribution in [-0.2, 0) is 0 Å². The van der Waals surface area contributed by atoms with Gasteiger partial charge >= 0.3 is 0 Å². The molecule has 0 radical (unpaired) electrons. The van der Waals surface area contributed by atoms with Gasteiger partial charge < -0.3 is 15.8 Å². The maximum absolute atomic E-state index is 5.63. The molecule has 0 heterocycles. The summed E-state index contributed by atoms with van der Waals surface area (Å²) in [6.45, 7) is 5.05. The monoisotopic (exact) mass is 236 g/mol. The Morgan fingerprint density at radius 2 is 2.06 bits per heavy atom. The van der Waals surface area contributed by atoms with Crippen molar-refractivity contribution in [1.29, 1.82) is 0 Å². The fraction of sp³-hybridized carbons (Fsp3) is 0.571. The molecule has 3 nitrogen and oxygen atoms in total. The van der Waals surface area contributed by atoms with E-state index in [1.54, 1.807) is 7.11 Å². The highest BCUT2D eigenvalue weighted by molar-refractivity contribution is 5.40. The van der Waals surface area contributed by atoms with Crippen LogP contribution >= 0.6 is 0 Å². The third-order valence-corrected chi connectivity index (χ3v) is 3.08. The van der Waals surface area contributed by atoms with Crippen LogP contribution in [0, 0.1) is 0 Å². The van der Waals surface area contributed by atoms with E-state index in [2.05, 4.69) is 31.3 Å². The van der Waals surface area contributed by atoms with Crippen LogP contribution in [0.1, 0.15) is 43.4 Å². The Morgan fingerprint density at radius 1 is 1.35 bits per heavy atom. The predicted molar refractivity (Wildman–Crippen MR) is 72.6 cm³/mol. The molecule has 1 unspecified atom stereocenters. The molecule has 0 fully saturated rings. The lowest BCUT2D eigenvalue weighted by Crippen LogP contribution is -2.20. The molecular weight excluding hydrogens is 212 g/mol. The van der Waals surface area contributed by atoms with Crippen molar-refractivity contribution in [3.05, 3.63) is 29.3 Å². The van der Waals surface area contributed by atoms with E-state index in [1.807, 2.05) is 13.1 Å². The molecule has 1 aromatic rings. The number of hydrogen-bond donors (Lipinski definition) is 2. The first kappa shape index (κ1) is 14.0.